The van der Waals surface area contributed by atoms with Crippen LogP contribution in [0.1, 0.15) is 54.2 Å². The highest BCUT2D eigenvalue weighted by Gasteiger charge is 2.56. The number of hydrogen-bond donors (Lipinski definition) is 1. The molecule has 1 saturated heterocycles. The zero-order chi connectivity index (χ0) is 53.9. The van der Waals surface area contributed by atoms with Crippen LogP contribution in [0.4, 0.5) is 10.5 Å². The first kappa shape index (κ1) is 55.7. The fourth-order valence-corrected chi connectivity index (χ4v) is 9.06. The van der Waals surface area contributed by atoms with E-state index < -0.39 is 74.8 Å². The lowest BCUT2D eigenvalue weighted by atomic mass is 9.97. The van der Waals surface area contributed by atoms with Gasteiger partial charge in [-0.25, -0.2) is 9.59 Å². The van der Waals surface area contributed by atoms with Crippen molar-refractivity contribution in [3.63, 3.8) is 0 Å². The molecule has 3 aliphatic heterocycles. The van der Waals surface area contributed by atoms with Crippen LogP contribution in [0.3, 0.4) is 0 Å². The van der Waals surface area contributed by atoms with E-state index in [1.54, 1.807) is 25.4 Å². The Labute approximate surface area is 429 Å². The van der Waals surface area contributed by atoms with Crippen LogP contribution in [0.2, 0.25) is 25.7 Å². The van der Waals surface area contributed by atoms with Crippen molar-refractivity contribution in [3.05, 3.63) is 83.1 Å². The third-order valence-electron chi connectivity index (χ3n) is 11.9. The normalized spacial score (nSPS) is 20.1. The highest BCUT2D eigenvalue weighted by Crippen LogP contribution is 2.40. The Morgan fingerprint density at radius 1 is 0.824 bits per heavy atom. The number of terminal acetylenes is 1. The minimum atomic E-state index is -1.70. The number of carbonyl (C=O) groups is 7. The zero-order valence-electron chi connectivity index (χ0n) is 42.7. The molecule has 396 valence electrons. The molecule has 3 amide bonds. The predicted molar refractivity (Wildman–Crippen MR) is 266 cm³/mol. The standard InChI is InChI=1S/C52H61N3O18Si/c1-11-20-67-43-25-38(72-51-47(71-32(4)58)45(70-31(3)57)44(69-30(2)56)46(73-51)50(61)65-7)17-14-35(43)28-68-52(62)53-19-18-34-23-40-39(26-42(34)64-6)48(59)54-27-36(33-12-15-37(63-5)16-13-33)24-41(54)49(60)55(40)29-66-21-22-74(8,9)10/h1,12-17,23,25-27,41,44-47,51H,18-22,24,28-29H2,2-10H3,(H,53,62)/t41?,44-,45-,46-,47+,51+/m0/s1. The lowest BCUT2D eigenvalue weighted by Crippen LogP contribution is -2.64. The number of ether oxygens (including phenoxy) is 11. The van der Waals surface area contributed by atoms with Crippen molar-refractivity contribution >= 4 is 61.1 Å². The van der Waals surface area contributed by atoms with Gasteiger partial charge in [-0.05, 0) is 65.6 Å². The molecule has 74 heavy (non-hydrogen) atoms. The molecule has 0 aliphatic carbocycles. The van der Waals surface area contributed by atoms with Crippen molar-refractivity contribution in [2.45, 2.75) is 103 Å². The molecule has 0 saturated carbocycles. The minimum absolute atomic E-state index is 0.00784. The van der Waals surface area contributed by atoms with Gasteiger partial charge in [0.25, 0.3) is 11.8 Å². The molecule has 0 radical (unpaired) electrons. The molecule has 22 heteroatoms. The van der Waals surface area contributed by atoms with Crippen molar-refractivity contribution in [2.24, 2.45) is 0 Å². The van der Waals surface area contributed by atoms with E-state index in [2.05, 4.69) is 30.9 Å². The van der Waals surface area contributed by atoms with E-state index >= 15 is 0 Å². The second-order valence-corrected chi connectivity index (χ2v) is 24.0. The number of rotatable bonds is 21. The summed E-state index contributed by atoms with van der Waals surface area (Å²) in [5.74, 6) is -0.783. The molecule has 1 fully saturated rings. The Kier molecular flexibility index (Phi) is 18.7. The molecule has 1 unspecified atom stereocenters. The number of alkyl carbamates (subject to hydrolysis) is 1. The number of anilines is 1. The van der Waals surface area contributed by atoms with Crippen LogP contribution in [0.25, 0.3) is 5.57 Å². The van der Waals surface area contributed by atoms with E-state index in [4.69, 9.17) is 58.5 Å². The highest BCUT2D eigenvalue weighted by atomic mass is 28.3. The molecule has 6 rings (SSSR count). The molecule has 1 N–H and O–H groups in total. The van der Waals surface area contributed by atoms with Crippen LogP contribution in [0.15, 0.2) is 60.8 Å². The Bertz CT molecular complexity index is 2660. The average molecular weight is 1040 g/mol. The first-order valence-electron chi connectivity index (χ1n) is 23.5. The van der Waals surface area contributed by atoms with Crippen LogP contribution < -0.4 is 29.2 Å². The van der Waals surface area contributed by atoms with E-state index in [1.807, 2.05) is 24.3 Å². The number of nitrogens with zero attached hydrogens (tertiary/aromatic N) is 2. The van der Waals surface area contributed by atoms with Gasteiger partial charge in [-0.3, -0.25) is 28.9 Å². The van der Waals surface area contributed by atoms with Crippen molar-refractivity contribution in [1.82, 2.24) is 10.2 Å². The monoisotopic (exact) mass is 1040 g/mol. The summed E-state index contributed by atoms with van der Waals surface area (Å²) in [5.41, 5.74) is 3.19. The van der Waals surface area contributed by atoms with Gasteiger partial charge in [-0.15, -0.1) is 6.42 Å². The van der Waals surface area contributed by atoms with E-state index in [9.17, 15) is 33.6 Å². The molecule has 0 bridgehead atoms. The van der Waals surface area contributed by atoms with Crippen LogP contribution >= 0.6 is 0 Å². The number of benzene rings is 3. The summed E-state index contributed by atoms with van der Waals surface area (Å²) in [7, 11) is 2.62. The maximum atomic E-state index is 14.5. The summed E-state index contributed by atoms with van der Waals surface area (Å²) >= 11 is 0. The quantitative estimate of drug-likeness (QED) is 0.0476. The first-order chi connectivity index (χ1) is 35.2. The van der Waals surface area contributed by atoms with Gasteiger partial charge in [0.2, 0.25) is 12.4 Å². The number of carbonyl (C=O) groups excluding carboxylic acids is 7. The van der Waals surface area contributed by atoms with E-state index in [-0.39, 0.29) is 68.2 Å². The molecule has 3 aromatic rings. The van der Waals surface area contributed by atoms with Gasteiger partial charge in [-0.1, -0.05) is 37.7 Å². The summed E-state index contributed by atoms with van der Waals surface area (Å²) < 4.78 is 61.5. The van der Waals surface area contributed by atoms with Crippen LogP contribution in [0.5, 0.6) is 23.0 Å². The summed E-state index contributed by atoms with van der Waals surface area (Å²) in [4.78, 5) is 94.7. The van der Waals surface area contributed by atoms with Crippen LogP contribution in [0, 0.1) is 12.3 Å². The predicted octanol–water partition coefficient (Wildman–Crippen LogP) is 5.17. The van der Waals surface area contributed by atoms with Gasteiger partial charge in [0.05, 0.1) is 32.6 Å². The fourth-order valence-electron chi connectivity index (χ4n) is 8.30. The SMILES string of the molecule is C#CCOc1cc(O[C@@H]2O[C@H](C(=O)OC)[C@@H](OC(C)=O)[C@H](OC(C)=O)[C@H]2OC(C)=O)ccc1COC(=O)NCCc1cc2c(cc1OC)C(=O)N1C=C(c3ccc(OC)cc3)CC1C(=O)N2COCC[Si](C)(C)C. The van der Waals surface area contributed by atoms with Gasteiger partial charge in [0.15, 0.2) is 18.3 Å². The zero-order valence-corrected chi connectivity index (χ0v) is 43.7. The second-order valence-electron chi connectivity index (χ2n) is 18.4. The van der Waals surface area contributed by atoms with E-state index in [1.165, 1.54) is 35.1 Å². The van der Waals surface area contributed by atoms with E-state index in [0.29, 0.717) is 34.9 Å². The highest BCUT2D eigenvalue weighted by molar-refractivity contribution is 6.76. The Morgan fingerprint density at radius 2 is 1.50 bits per heavy atom. The maximum Gasteiger partial charge on any atom is 0.407 e. The van der Waals surface area contributed by atoms with Gasteiger partial charge < -0.3 is 62.3 Å². The lowest BCUT2D eigenvalue weighted by Gasteiger charge is -2.43. The molecule has 21 nitrogen and oxygen atoms in total. The molecule has 0 aromatic heterocycles. The van der Waals surface area contributed by atoms with Gasteiger partial charge in [-0.2, -0.15) is 0 Å². The number of fused-ring (bicyclic) bond motifs is 2. The molecule has 6 atom stereocenters. The number of hydrogen-bond acceptors (Lipinski definition) is 18. The summed E-state index contributed by atoms with van der Waals surface area (Å²) in [6.45, 7) is 9.73. The summed E-state index contributed by atoms with van der Waals surface area (Å²) in [5, 5.41) is 2.72. The van der Waals surface area contributed by atoms with Crippen LogP contribution in [-0.2, 0) is 70.2 Å². The van der Waals surface area contributed by atoms with Gasteiger partial charge >= 0.3 is 30.0 Å². The number of amides is 3. The summed E-state index contributed by atoms with van der Waals surface area (Å²) in [6.07, 6.45) is -1.23. The van der Waals surface area contributed by atoms with Crippen LogP contribution in [-0.4, -0.2) is 139 Å². The third kappa shape index (κ3) is 13.9. The number of methoxy groups -OCH3 is 3. The number of esters is 4. The lowest BCUT2D eigenvalue weighted by molar-refractivity contribution is -0.282. The Morgan fingerprint density at radius 3 is 2.14 bits per heavy atom. The third-order valence-corrected chi connectivity index (χ3v) is 13.6. The Balaban J connectivity index is 1.18. The molecule has 3 aromatic carbocycles. The van der Waals surface area contributed by atoms with Gasteiger partial charge in [0, 0.05) is 66.2 Å². The average Bonchev–Trinajstić information content (AvgIpc) is 3.79. The molecular formula is C52H61N3O18Si. The number of nitrogens with one attached hydrogen (secondary N) is 1. The smallest absolute Gasteiger partial charge is 0.407 e. The second kappa shape index (κ2) is 24.9. The van der Waals surface area contributed by atoms with Crippen molar-refractivity contribution in [3.8, 4) is 35.3 Å². The molecule has 3 aliphatic rings. The topological polar surface area (TPSA) is 240 Å². The van der Waals surface area contributed by atoms with Gasteiger partial charge in [0.1, 0.15) is 49.0 Å². The minimum Gasteiger partial charge on any atom is -0.497 e. The van der Waals surface area contributed by atoms with Crippen molar-refractivity contribution in [2.75, 3.05) is 52.7 Å². The summed E-state index contributed by atoms with van der Waals surface area (Å²) in [6, 6.07) is 15.1. The molecule has 0 spiro atoms. The Hall–Kier alpha value is -7.61. The first-order valence-corrected chi connectivity index (χ1v) is 27.3. The maximum absolute atomic E-state index is 14.5. The fraction of sp³-hybridized carbons (Fsp3) is 0.442. The van der Waals surface area contributed by atoms with Crippen molar-refractivity contribution in [1.29, 1.82) is 0 Å². The largest absolute Gasteiger partial charge is 0.497 e. The van der Waals surface area contributed by atoms with E-state index in [0.717, 1.165) is 45.1 Å². The molecule has 3 heterocycles. The van der Waals surface area contributed by atoms with Crippen molar-refractivity contribution < 1.29 is 85.7 Å². The molecular weight excluding hydrogens is 983 g/mol.